The van der Waals surface area contributed by atoms with Crippen molar-refractivity contribution in [2.45, 2.75) is 13.8 Å². The van der Waals surface area contributed by atoms with E-state index in [2.05, 4.69) is 5.10 Å². The largest absolute Gasteiger partial charge is 0.463 e. The van der Waals surface area contributed by atoms with Crippen LogP contribution in [0.25, 0.3) is 22.8 Å². The monoisotopic (exact) mass is 343 g/mol. The normalized spacial score (nSPS) is 11.5. The third kappa shape index (κ3) is 2.83. The number of hydrogen-bond acceptors (Lipinski definition) is 3. The number of para-hydroxylation sites is 1. The molecule has 2 heterocycles. The van der Waals surface area contributed by atoms with Crippen molar-refractivity contribution in [2.75, 3.05) is 6.61 Å². The van der Waals surface area contributed by atoms with Crippen LogP contribution in [0, 0.1) is 6.92 Å². The van der Waals surface area contributed by atoms with Crippen molar-refractivity contribution in [1.82, 2.24) is 14.3 Å². The molecule has 0 N–H and O–H groups in total. The van der Waals surface area contributed by atoms with E-state index in [9.17, 15) is 4.79 Å². The van der Waals surface area contributed by atoms with Crippen molar-refractivity contribution >= 4 is 34.5 Å². The fourth-order valence-electron chi connectivity index (χ4n) is 2.80. The standard InChI is InChI=1S/C18H18ClN3O2/c1-4-24-17(23)10-9-13-12(2)20-21(3)18(13)22-11-15(19)14-7-5-6-8-16(14)22/h5-11H,4H2,1-3H3/b10-9+. The predicted octanol–water partition coefficient (Wildman–Crippen LogP) is 3.90. The lowest BCUT2D eigenvalue weighted by molar-refractivity contribution is -0.137. The second-order valence-electron chi connectivity index (χ2n) is 5.40. The molecule has 24 heavy (non-hydrogen) atoms. The third-order valence-corrected chi connectivity index (χ3v) is 4.10. The number of aryl methyl sites for hydroxylation is 2. The zero-order chi connectivity index (χ0) is 17.3. The Hall–Kier alpha value is -2.53. The summed E-state index contributed by atoms with van der Waals surface area (Å²) >= 11 is 6.37. The van der Waals surface area contributed by atoms with Gasteiger partial charge in [0.05, 0.1) is 22.8 Å². The first-order valence-corrected chi connectivity index (χ1v) is 8.05. The lowest BCUT2D eigenvalue weighted by Gasteiger charge is -2.07. The Balaban J connectivity index is 2.16. The molecule has 0 fully saturated rings. The van der Waals surface area contributed by atoms with Crippen LogP contribution in [0.1, 0.15) is 18.2 Å². The van der Waals surface area contributed by atoms with Crippen LogP contribution < -0.4 is 0 Å². The van der Waals surface area contributed by atoms with Crippen LogP contribution in [0.3, 0.4) is 0 Å². The van der Waals surface area contributed by atoms with Gasteiger partial charge in [-0.25, -0.2) is 4.79 Å². The molecule has 0 aliphatic carbocycles. The van der Waals surface area contributed by atoms with E-state index >= 15 is 0 Å². The topological polar surface area (TPSA) is 49.0 Å². The molecule has 3 rings (SSSR count). The molecular formula is C18H18ClN3O2. The SMILES string of the molecule is CCOC(=O)/C=C/c1c(C)nn(C)c1-n1cc(Cl)c2ccccc21. The molecule has 0 radical (unpaired) electrons. The van der Waals surface area contributed by atoms with Gasteiger partial charge in [0.1, 0.15) is 5.82 Å². The summed E-state index contributed by atoms with van der Waals surface area (Å²) in [6.07, 6.45) is 5.02. The highest BCUT2D eigenvalue weighted by Crippen LogP contribution is 2.30. The fraction of sp³-hybridized carbons (Fsp3) is 0.222. The highest BCUT2D eigenvalue weighted by atomic mass is 35.5. The van der Waals surface area contributed by atoms with Gasteiger partial charge in [-0.3, -0.25) is 9.25 Å². The Kier molecular flexibility index (Phi) is 4.44. The Morgan fingerprint density at radius 1 is 1.38 bits per heavy atom. The minimum Gasteiger partial charge on any atom is -0.463 e. The summed E-state index contributed by atoms with van der Waals surface area (Å²) in [6, 6.07) is 7.90. The molecule has 3 aromatic rings. The second-order valence-corrected chi connectivity index (χ2v) is 5.80. The average Bonchev–Trinajstić information content (AvgIpc) is 3.02. The summed E-state index contributed by atoms with van der Waals surface area (Å²) in [6.45, 7) is 4.03. The molecule has 0 atom stereocenters. The van der Waals surface area contributed by atoms with Crippen LogP contribution in [-0.4, -0.2) is 26.9 Å². The number of halogens is 1. The molecule has 0 bridgehead atoms. The number of esters is 1. The summed E-state index contributed by atoms with van der Waals surface area (Å²) in [4.78, 5) is 11.6. The second kappa shape index (κ2) is 6.53. The van der Waals surface area contributed by atoms with Crippen LogP contribution in [0.4, 0.5) is 0 Å². The van der Waals surface area contributed by atoms with E-state index in [4.69, 9.17) is 16.3 Å². The first-order valence-electron chi connectivity index (χ1n) is 7.67. The lowest BCUT2D eigenvalue weighted by Crippen LogP contribution is -2.03. The summed E-state index contributed by atoms with van der Waals surface area (Å²) in [5, 5.41) is 6.12. The molecule has 0 aliphatic heterocycles. The average molecular weight is 344 g/mol. The third-order valence-electron chi connectivity index (χ3n) is 3.80. The number of nitrogens with zero attached hydrogens (tertiary/aromatic N) is 3. The van der Waals surface area contributed by atoms with Crippen LogP contribution in [0.5, 0.6) is 0 Å². The number of benzene rings is 1. The smallest absolute Gasteiger partial charge is 0.330 e. The molecule has 0 unspecified atom stereocenters. The van der Waals surface area contributed by atoms with Gasteiger partial charge in [0.15, 0.2) is 0 Å². The molecule has 2 aromatic heterocycles. The van der Waals surface area contributed by atoms with Crippen molar-refractivity contribution < 1.29 is 9.53 Å². The molecule has 5 nitrogen and oxygen atoms in total. The molecule has 6 heteroatoms. The summed E-state index contributed by atoms with van der Waals surface area (Å²) < 4.78 is 8.72. The van der Waals surface area contributed by atoms with Gasteiger partial charge < -0.3 is 4.74 Å². The van der Waals surface area contributed by atoms with Gasteiger partial charge in [-0.1, -0.05) is 29.8 Å². The van der Waals surface area contributed by atoms with E-state index in [0.717, 1.165) is 28.0 Å². The highest BCUT2D eigenvalue weighted by Gasteiger charge is 2.16. The first kappa shape index (κ1) is 16.3. The van der Waals surface area contributed by atoms with E-state index in [1.165, 1.54) is 6.08 Å². The summed E-state index contributed by atoms with van der Waals surface area (Å²) in [5.74, 6) is 0.471. The quantitative estimate of drug-likeness (QED) is 0.533. The van der Waals surface area contributed by atoms with E-state index in [-0.39, 0.29) is 5.97 Å². The van der Waals surface area contributed by atoms with Crippen LogP contribution >= 0.6 is 11.6 Å². The van der Waals surface area contributed by atoms with Crippen LogP contribution in [0.15, 0.2) is 36.5 Å². The Morgan fingerprint density at radius 2 is 2.12 bits per heavy atom. The van der Waals surface area contributed by atoms with Crippen LogP contribution in [-0.2, 0) is 16.6 Å². The zero-order valence-electron chi connectivity index (χ0n) is 13.8. The summed E-state index contributed by atoms with van der Waals surface area (Å²) in [5.41, 5.74) is 2.65. The van der Waals surface area contributed by atoms with E-state index in [0.29, 0.717) is 11.6 Å². The molecule has 0 aliphatic rings. The Bertz CT molecular complexity index is 937. The van der Waals surface area contributed by atoms with Gasteiger partial charge in [-0.2, -0.15) is 5.10 Å². The van der Waals surface area contributed by atoms with Gasteiger partial charge >= 0.3 is 5.97 Å². The molecule has 0 saturated heterocycles. The maximum atomic E-state index is 11.6. The number of fused-ring (bicyclic) bond motifs is 1. The van der Waals surface area contributed by atoms with E-state index in [1.807, 2.05) is 49.0 Å². The van der Waals surface area contributed by atoms with Crippen molar-refractivity contribution in [3.8, 4) is 5.82 Å². The number of carbonyl (C=O) groups is 1. The van der Waals surface area contributed by atoms with Crippen LogP contribution in [0.2, 0.25) is 5.02 Å². The van der Waals surface area contributed by atoms with Crippen molar-refractivity contribution in [3.63, 3.8) is 0 Å². The van der Waals surface area contributed by atoms with Gasteiger partial charge in [0, 0.05) is 30.3 Å². The molecule has 1 aromatic carbocycles. The molecule has 0 amide bonds. The maximum Gasteiger partial charge on any atom is 0.330 e. The highest BCUT2D eigenvalue weighted by molar-refractivity contribution is 6.35. The number of hydrogen-bond donors (Lipinski definition) is 0. The Morgan fingerprint density at radius 3 is 2.88 bits per heavy atom. The number of aromatic nitrogens is 3. The molecular weight excluding hydrogens is 326 g/mol. The fourth-order valence-corrected chi connectivity index (χ4v) is 3.06. The zero-order valence-corrected chi connectivity index (χ0v) is 14.5. The van der Waals surface area contributed by atoms with Crippen molar-refractivity contribution in [1.29, 1.82) is 0 Å². The first-order chi connectivity index (χ1) is 11.5. The number of carbonyl (C=O) groups excluding carboxylic acids is 1. The van der Waals surface area contributed by atoms with Gasteiger partial charge in [-0.05, 0) is 26.0 Å². The van der Waals surface area contributed by atoms with E-state index < -0.39 is 0 Å². The minimum atomic E-state index is -0.373. The summed E-state index contributed by atoms with van der Waals surface area (Å²) in [7, 11) is 1.87. The minimum absolute atomic E-state index is 0.347. The van der Waals surface area contributed by atoms with Crippen molar-refractivity contribution in [3.05, 3.63) is 52.8 Å². The van der Waals surface area contributed by atoms with Gasteiger partial charge in [0.2, 0.25) is 0 Å². The van der Waals surface area contributed by atoms with Crippen molar-refractivity contribution in [2.24, 2.45) is 7.05 Å². The van der Waals surface area contributed by atoms with Gasteiger partial charge in [-0.15, -0.1) is 0 Å². The number of rotatable bonds is 4. The predicted molar refractivity (Wildman–Crippen MR) is 95.5 cm³/mol. The molecule has 124 valence electrons. The molecule has 0 spiro atoms. The van der Waals surface area contributed by atoms with Gasteiger partial charge in [0.25, 0.3) is 0 Å². The van der Waals surface area contributed by atoms with E-state index in [1.54, 1.807) is 17.7 Å². The lowest BCUT2D eigenvalue weighted by atomic mass is 10.2. The Labute approximate surface area is 145 Å². The molecule has 0 saturated carbocycles. The number of ether oxygens (including phenoxy) is 1. The maximum absolute atomic E-state index is 11.6.